The third-order valence-corrected chi connectivity index (χ3v) is 3.49. The van der Waals surface area contributed by atoms with E-state index >= 15 is 0 Å². The number of carbonyl (C=O) groups is 1. The van der Waals surface area contributed by atoms with Crippen LogP contribution in [0, 0.1) is 0 Å². The molecule has 0 bridgehead atoms. The highest BCUT2D eigenvalue weighted by Crippen LogP contribution is 2.13. The van der Waals surface area contributed by atoms with Crippen LogP contribution in [0.15, 0.2) is 35.9 Å². The fourth-order valence-corrected chi connectivity index (χ4v) is 2.15. The number of nitrogens with zero attached hydrogens (tertiary/aromatic N) is 2. The molecule has 0 saturated carbocycles. The maximum absolute atomic E-state index is 12.5. The van der Waals surface area contributed by atoms with Gasteiger partial charge in [-0.2, -0.15) is 0 Å². The second-order valence-corrected chi connectivity index (χ2v) is 5.89. The van der Waals surface area contributed by atoms with E-state index in [2.05, 4.69) is 4.90 Å². The van der Waals surface area contributed by atoms with E-state index in [0.717, 1.165) is 24.1 Å². The number of carbonyl (C=O) groups excluding carboxylic acids is 1. The molecule has 0 radical (unpaired) electrons. The molecule has 0 aromatic heterocycles. The lowest BCUT2D eigenvalue weighted by atomic mass is 10.1. The summed E-state index contributed by atoms with van der Waals surface area (Å²) in [5.74, 6) is 0.105. The molecule has 0 heterocycles. The van der Waals surface area contributed by atoms with Gasteiger partial charge in [0.25, 0.3) is 0 Å². The van der Waals surface area contributed by atoms with E-state index in [-0.39, 0.29) is 5.91 Å². The molecule has 116 valence electrons. The molecule has 4 heteroatoms. The average molecular weight is 309 g/mol. The molecule has 0 atom stereocenters. The minimum Gasteiger partial charge on any atom is -0.333 e. The van der Waals surface area contributed by atoms with E-state index in [0.29, 0.717) is 18.1 Å². The van der Waals surface area contributed by atoms with Crippen molar-refractivity contribution in [2.75, 3.05) is 27.2 Å². The number of allylic oxidation sites excluding steroid dienone is 1. The second kappa shape index (κ2) is 8.85. The molecule has 0 fully saturated rings. The quantitative estimate of drug-likeness (QED) is 0.719. The molecule has 21 heavy (non-hydrogen) atoms. The van der Waals surface area contributed by atoms with Gasteiger partial charge in [-0.05, 0) is 45.1 Å². The number of hydrogen-bond donors (Lipinski definition) is 0. The molecule has 0 spiro atoms. The van der Waals surface area contributed by atoms with Crippen molar-refractivity contribution in [1.82, 2.24) is 9.80 Å². The normalized spacial score (nSPS) is 11.8. The van der Waals surface area contributed by atoms with Crippen LogP contribution in [0.2, 0.25) is 5.02 Å². The zero-order valence-corrected chi connectivity index (χ0v) is 14.2. The molecule has 3 nitrogen and oxygen atoms in total. The number of halogens is 1. The Balaban J connectivity index is 2.83. The van der Waals surface area contributed by atoms with E-state index in [1.807, 2.05) is 63.2 Å². The molecule has 1 aromatic rings. The molecule has 1 rings (SSSR count). The van der Waals surface area contributed by atoms with Gasteiger partial charge in [0.2, 0.25) is 5.91 Å². The van der Waals surface area contributed by atoms with Gasteiger partial charge in [0, 0.05) is 30.2 Å². The monoisotopic (exact) mass is 308 g/mol. The van der Waals surface area contributed by atoms with Crippen molar-refractivity contribution in [3.05, 3.63) is 46.5 Å². The lowest BCUT2D eigenvalue weighted by Crippen LogP contribution is -2.36. The van der Waals surface area contributed by atoms with Gasteiger partial charge in [-0.1, -0.05) is 36.7 Å². The number of benzene rings is 1. The van der Waals surface area contributed by atoms with Crippen LogP contribution >= 0.6 is 11.6 Å². The summed E-state index contributed by atoms with van der Waals surface area (Å²) in [5.41, 5.74) is 1.90. The summed E-state index contributed by atoms with van der Waals surface area (Å²) in [6, 6.07) is 7.66. The van der Waals surface area contributed by atoms with Crippen molar-refractivity contribution in [3.8, 4) is 0 Å². The van der Waals surface area contributed by atoms with Crippen LogP contribution in [0.5, 0.6) is 0 Å². The van der Waals surface area contributed by atoms with Crippen molar-refractivity contribution in [3.63, 3.8) is 0 Å². The fraction of sp³-hybridized carbons (Fsp3) is 0.471. The summed E-state index contributed by atoms with van der Waals surface area (Å²) in [7, 11) is 4.03. The minimum atomic E-state index is 0.105. The van der Waals surface area contributed by atoms with Crippen molar-refractivity contribution in [2.45, 2.75) is 26.8 Å². The summed E-state index contributed by atoms with van der Waals surface area (Å²) in [4.78, 5) is 16.5. The predicted molar refractivity (Wildman–Crippen MR) is 89.5 cm³/mol. The maximum atomic E-state index is 12.5. The maximum Gasteiger partial charge on any atom is 0.249 e. The highest BCUT2D eigenvalue weighted by molar-refractivity contribution is 6.30. The van der Waals surface area contributed by atoms with Gasteiger partial charge in [0.05, 0.1) is 0 Å². The van der Waals surface area contributed by atoms with Crippen molar-refractivity contribution in [1.29, 1.82) is 0 Å². The number of rotatable bonds is 7. The number of amides is 1. The summed E-state index contributed by atoms with van der Waals surface area (Å²) in [6.07, 6.45) is 2.85. The Morgan fingerprint density at radius 1 is 1.19 bits per heavy atom. The van der Waals surface area contributed by atoms with Crippen molar-refractivity contribution in [2.24, 2.45) is 0 Å². The number of hydrogen-bond acceptors (Lipinski definition) is 2. The smallest absolute Gasteiger partial charge is 0.249 e. The van der Waals surface area contributed by atoms with Crippen molar-refractivity contribution >= 4 is 17.5 Å². The van der Waals surface area contributed by atoms with E-state index in [9.17, 15) is 4.79 Å². The third kappa shape index (κ3) is 6.32. The Hall–Kier alpha value is -1.32. The van der Waals surface area contributed by atoms with Gasteiger partial charge < -0.3 is 9.80 Å². The standard InChI is InChI=1S/C17H25ClN2O/c1-5-6-14(2)17(21)20(12-11-19(3)4)13-15-7-9-16(18)10-8-15/h6-10H,5,11-13H2,1-4H3. The molecule has 0 N–H and O–H groups in total. The van der Waals surface area contributed by atoms with E-state index < -0.39 is 0 Å². The van der Waals surface area contributed by atoms with Gasteiger partial charge in [0.15, 0.2) is 0 Å². The first-order valence-corrected chi connectivity index (χ1v) is 7.67. The Bertz CT molecular complexity index is 480. The molecule has 1 amide bonds. The van der Waals surface area contributed by atoms with Gasteiger partial charge in [-0.3, -0.25) is 4.79 Å². The predicted octanol–water partition coefficient (Wildman–Crippen LogP) is 3.59. The second-order valence-electron chi connectivity index (χ2n) is 5.45. The Morgan fingerprint density at radius 2 is 1.81 bits per heavy atom. The van der Waals surface area contributed by atoms with Crippen LogP contribution in [0.3, 0.4) is 0 Å². The Kier molecular flexibility index (Phi) is 7.48. The first-order chi connectivity index (χ1) is 9.93. The van der Waals surface area contributed by atoms with Crippen LogP contribution in [-0.4, -0.2) is 42.9 Å². The molecule has 0 unspecified atom stereocenters. The summed E-state index contributed by atoms with van der Waals surface area (Å²) < 4.78 is 0. The van der Waals surface area contributed by atoms with Gasteiger partial charge >= 0.3 is 0 Å². The zero-order chi connectivity index (χ0) is 15.8. The zero-order valence-electron chi connectivity index (χ0n) is 13.4. The highest BCUT2D eigenvalue weighted by Gasteiger charge is 2.15. The molecule has 0 aliphatic carbocycles. The largest absolute Gasteiger partial charge is 0.333 e. The van der Waals surface area contributed by atoms with Crippen LogP contribution in [0.25, 0.3) is 0 Å². The first-order valence-electron chi connectivity index (χ1n) is 7.29. The highest BCUT2D eigenvalue weighted by atomic mass is 35.5. The SMILES string of the molecule is CCC=C(C)C(=O)N(CCN(C)C)Cc1ccc(Cl)cc1. The Morgan fingerprint density at radius 3 is 2.33 bits per heavy atom. The average Bonchev–Trinajstić information content (AvgIpc) is 2.44. The van der Waals surface area contributed by atoms with E-state index in [4.69, 9.17) is 11.6 Å². The van der Waals surface area contributed by atoms with Crippen LogP contribution in [-0.2, 0) is 11.3 Å². The molecule has 0 aliphatic rings. The minimum absolute atomic E-state index is 0.105. The molecule has 0 aliphatic heterocycles. The van der Waals surface area contributed by atoms with Crippen LogP contribution in [0.4, 0.5) is 0 Å². The number of likely N-dealkylation sites (N-methyl/N-ethyl adjacent to an activating group) is 1. The third-order valence-electron chi connectivity index (χ3n) is 3.24. The summed E-state index contributed by atoms with van der Waals surface area (Å²) >= 11 is 5.91. The summed E-state index contributed by atoms with van der Waals surface area (Å²) in [5, 5.41) is 0.715. The lowest BCUT2D eigenvalue weighted by molar-refractivity contribution is -0.127. The molecular weight excluding hydrogens is 284 g/mol. The van der Waals surface area contributed by atoms with Crippen molar-refractivity contribution < 1.29 is 4.79 Å². The molecule has 1 aromatic carbocycles. The Labute approximate surface area is 133 Å². The first kappa shape index (κ1) is 17.7. The topological polar surface area (TPSA) is 23.6 Å². The lowest BCUT2D eigenvalue weighted by Gasteiger charge is -2.25. The van der Waals surface area contributed by atoms with Gasteiger partial charge in [-0.25, -0.2) is 0 Å². The van der Waals surface area contributed by atoms with Gasteiger partial charge in [-0.15, -0.1) is 0 Å². The van der Waals surface area contributed by atoms with E-state index in [1.165, 1.54) is 0 Å². The van der Waals surface area contributed by atoms with E-state index in [1.54, 1.807) is 0 Å². The fourth-order valence-electron chi connectivity index (χ4n) is 2.03. The van der Waals surface area contributed by atoms with Crippen LogP contribution < -0.4 is 0 Å². The van der Waals surface area contributed by atoms with Gasteiger partial charge in [0.1, 0.15) is 0 Å². The summed E-state index contributed by atoms with van der Waals surface area (Å²) in [6.45, 7) is 6.09. The molecule has 0 saturated heterocycles. The van der Waals surface area contributed by atoms with Crippen LogP contribution in [0.1, 0.15) is 25.8 Å². The molecular formula is C17H25ClN2O.